The van der Waals surface area contributed by atoms with Crippen LogP contribution in [0.5, 0.6) is 5.75 Å². The molecule has 3 N–H and O–H groups in total. The molecule has 2 bridgehead atoms. The summed E-state index contributed by atoms with van der Waals surface area (Å²) in [6.07, 6.45) is 3.55. The normalized spacial score (nSPS) is 19.8. The van der Waals surface area contributed by atoms with Crippen molar-refractivity contribution in [3.05, 3.63) is 36.3 Å². The topological polar surface area (TPSA) is 139 Å². The van der Waals surface area contributed by atoms with E-state index in [9.17, 15) is 9.59 Å². The zero-order valence-corrected chi connectivity index (χ0v) is 17.9. The monoisotopic (exact) mass is 452 g/mol. The van der Waals surface area contributed by atoms with Gasteiger partial charge in [0.05, 0.1) is 24.0 Å². The molecule has 2 aliphatic heterocycles. The van der Waals surface area contributed by atoms with E-state index in [2.05, 4.69) is 30.9 Å². The zero-order valence-electron chi connectivity index (χ0n) is 20.9. The second kappa shape index (κ2) is 8.04. The lowest BCUT2D eigenvalue weighted by Crippen LogP contribution is -2.71. The molecule has 0 unspecified atom stereocenters. The summed E-state index contributed by atoms with van der Waals surface area (Å²) in [6.45, 7) is -2.73. The number of anilines is 3. The van der Waals surface area contributed by atoms with Crippen molar-refractivity contribution in [3.63, 3.8) is 0 Å². The highest BCUT2D eigenvalue weighted by atomic mass is 16.5. The van der Waals surface area contributed by atoms with Gasteiger partial charge < -0.3 is 20.3 Å². The number of methoxy groups -OCH3 is 1. The Labute approximate surface area is 193 Å². The fourth-order valence-corrected chi connectivity index (χ4v) is 3.96. The molecule has 0 radical (unpaired) electrons. The highest BCUT2D eigenvalue weighted by Crippen LogP contribution is 2.44. The van der Waals surface area contributed by atoms with Crippen molar-refractivity contribution in [1.29, 1.82) is 0 Å². The van der Waals surface area contributed by atoms with E-state index in [1.54, 1.807) is 41.2 Å². The molecular weight excluding hydrogens is 426 g/mol. The van der Waals surface area contributed by atoms with Crippen LogP contribution in [0.1, 0.15) is 27.4 Å². The number of nitrogens with one attached hydrogen (secondary N) is 3. The fraction of sp³-hybridized carbons (Fsp3) is 0.333. The molecule has 3 aliphatic rings. The van der Waals surface area contributed by atoms with Crippen molar-refractivity contribution in [1.82, 2.24) is 35.2 Å². The number of benzene rings is 1. The van der Waals surface area contributed by atoms with Crippen LogP contribution in [0.15, 0.2) is 30.6 Å². The van der Waals surface area contributed by atoms with E-state index in [0.717, 1.165) is 12.8 Å². The van der Waals surface area contributed by atoms with Gasteiger partial charge in [0.1, 0.15) is 6.33 Å². The number of ether oxygens (including phenoxy) is 1. The minimum atomic E-state index is -2.73. The highest BCUT2D eigenvalue weighted by molar-refractivity contribution is 5.99. The number of nitrogens with zero attached hydrogens (tertiary/aromatic N) is 6. The number of para-hydroxylation sites is 1. The smallest absolute Gasteiger partial charge is 0.323 e. The molecule has 2 aromatic heterocycles. The maximum absolute atomic E-state index is 12.7. The summed E-state index contributed by atoms with van der Waals surface area (Å²) < 4.78 is 29.2. The van der Waals surface area contributed by atoms with Crippen molar-refractivity contribution < 1.29 is 18.4 Å². The van der Waals surface area contributed by atoms with Crippen LogP contribution < -0.4 is 20.7 Å². The van der Waals surface area contributed by atoms with Gasteiger partial charge in [-0.1, -0.05) is 6.07 Å². The number of amides is 3. The molecular formula is C21H23N9O3. The van der Waals surface area contributed by atoms with E-state index >= 15 is 0 Å². The third-order valence-corrected chi connectivity index (χ3v) is 5.80. The Bertz CT molecular complexity index is 1330. The number of hydrogen-bond donors (Lipinski definition) is 3. The van der Waals surface area contributed by atoms with Gasteiger partial charge in [-0.15, -0.1) is 10.2 Å². The SMILES string of the molecule is [2H]C([2H])([2H])NC(=O)c1nnc(NC(=O)N2C3CC2C3)cc1Nc1cccc(-c2ncn(C)n2)c1OC. The van der Waals surface area contributed by atoms with Crippen LogP contribution in [-0.4, -0.2) is 68.0 Å². The Morgan fingerprint density at radius 1 is 1.21 bits per heavy atom. The number of aromatic nitrogens is 5. The van der Waals surface area contributed by atoms with Gasteiger partial charge in [0.2, 0.25) is 0 Å². The van der Waals surface area contributed by atoms with E-state index in [1.807, 2.05) is 5.32 Å². The van der Waals surface area contributed by atoms with Gasteiger partial charge in [-0.3, -0.25) is 14.8 Å². The summed E-state index contributed by atoms with van der Waals surface area (Å²) in [5.41, 5.74) is 0.850. The molecule has 12 heteroatoms. The number of carbonyl (C=O) groups is 2. The number of urea groups is 1. The van der Waals surface area contributed by atoms with Crippen molar-refractivity contribution in [2.75, 3.05) is 24.7 Å². The number of rotatable bonds is 6. The molecule has 170 valence electrons. The maximum atomic E-state index is 12.7. The second-order valence-electron chi connectivity index (χ2n) is 7.82. The lowest BCUT2D eigenvalue weighted by Gasteiger charge is -2.60. The van der Waals surface area contributed by atoms with Gasteiger partial charge in [-0.2, -0.15) is 5.10 Å². The van der Waals surface area contributed by atoms with Gasteiger partial charge in [0.25, 0.3) is 5.91 Å². The molecule has 33 heavy (non-hydrogen) atoms. The Kier molecular flexibility index (Phi) is 4.23. The van der Waals surface area contributed by atoms with Gasteiger partial charge in [-0.05, 0) is 25.0 Å². The summed E-state index contributed by atoms with van der Waals surface area (Å²) in [4.78, 5) is 31.2. The number of carbonyl (C=O) groups excluding carboxylic acids is 2. The van der Waals surface area contributed by atoms with Crippen LogP contribution in [0.4, 0.5) is 22.0 Å². The molecule has 6 rings (SSSR count). The molecule has 2 saturated heterocycles. The molecule has 1 aliphatic carbocycles. The third-order valence-electron chi connectivity index (χ3n) is 5.80. The van der Waals surface area contributed by atoms with Gasteiger partial charge >= 0.3 is 6.03 Å². The Morgan fingerprint density at radius 2 is 2.03 bits per heavy atom. The van der Waals surface area contributed by atoms with Crippen LogP contribution in [0.3, 0.4) is 0 Å². The van der Waals surface area contributed by atoms with Crippen LogP contribution >= 0.6 is 0 Å². The lowest BCUT2D eigenvalue weighted by atomic mass is 9.73. The minimum absolute atomic E-state index is 0.0979. The maximum Gasteiger partial charge on any atom is 0.323 e. The first-order valence-electron chi connectivity index (χ1n) is 11.7. The van der Waals surface area contributed by atoms with Crippen LogP contribution in [0.2, 0.25) is 0 Å². The van der Waals surface area contributed by atoms with E-state index < -0.39 is 12.9 Å². The third kappa shape index (κ3) is 3.58. The summed E-state index contributed by atoms with van der Waals surface area (Å²) in [5.74, 6) is -0.0599. The molecule has 4 heterocycles. The lowest BCUT2D eigenvalue weighted by molar-refractivity contribution is -0.0598. The predicted octanol–water partition coefficient (Wildman–Crippen LogP) is 1.76. The van der Waals surface area contributed by atoms with Crippen LogP contribution in [0, 0.1) is 0 Å². The quantitative estimate of drug-likeness (QED) is 0.514. The summed E-state index contributed by atoms with van der Waals surface area (Å²) in [6, 6.07) is 6.82. The van der Waals surface area contributed by atoms with Crippen molar-refractivity contribution in [2.45, 2.75) is 24.9 Å². The van der Waals surface area contributed by atoms with Gasteiger partial charge in [0.15, 0.2) is 23.1 Å². The van der Waals surface area contributed by atoms with Crippen LogP contribution in [0.25, 0.3) is 11.4 Å². The highest BCUT2D eigenvalue weighted by Gasteiger charge is 2.53. The molecule has 0 atom stereocenters. The van der Waals surface area contributed by atoms with Crippen LogP contribution in [-0.2, 0) is 7.05 Å². The van der Waals surface area contributed by atoms with Gasteiger partial charge in [0, 0.05) is 36.3 Å². The number of aryl methyl sites for hydroxylation is 1. The molecule has 12 nitrogen and oxygen atoms in total. The van der Waals surface area contributed by atoms with Gasteiger partial charge in [-0.25, -0.2) is 9.78 Å². The van der Waals surface area contributed by atoms with E-state index in [0.29, 0.717) is 22.8 Å². The van der Waals surface area contributed by atoms with Crippen molar-refractivity contribution >= 4 is 29.1 Å². The summed E-state index contributed by atoms with van der Waals surface area (Å²) in [5, 5.41) is 19.8. The summed E-state index contributed by atoms with van der Waals surface area (Å²) in [7, 11) is 3.22. The largest absolute Gasteiger partial charge is 0.494 e. The second-order valence-corrected chi connectivity index (χ2v) is 7.82. The number of hydrogen-bond acceptors (Lipinski definition) is 8. The Morgan fingerprint density at radius 3 is 2.67 bits per heavy atom. The Hall–Kier alpha value is -4.22. The van der Waals surface area contributed by atoms with Crippen molar-refractivity contribution in [3.8, 4) is 17.1 Å². The average molecular weight is 452 g/mol. The molecule has 1 saturated carbocycles. The predicted molar refractivity (Wildman–Crippen MR) is 119 cm³/mol. The fourth-order valence-electron chi connectivity index (χ4n) is 3.96. The molecule has 3 amide bonds. The average Bonchev–Trinajstić information content (AvgIpc) is 3.16. The molecule has 3 aromatic rings. The molecule has 1 aromatic carbocycles. The minimum Gasteiger partial charge on any atom is -0.494 e. The first-order valence-corrected chi connectivity index (χ1v) is 10.2. The standard InChI is InChI=1S/C21H23N9O3/c1-22-20(31)17-15(9-16(26-27-17)25-21(32)30-11-7-12(30)8-11)24-14-6-4-5-13(18(14)33-3)19-23-10-29(2)28-19/h4-6,9-12H,7-8H2,1-3H3,(H,22,31)(H2,24,25,26,32)/i1D3. The summed E-state index contributed by atoms with van der Waals surface area (Å²) >= 11 is 0. The van der Waals surface area contributed by atoms with E-state index in [1.165, 1.54) is 13.2 Å². The van der Waals surface area contributed by atoms with E-state index in [-0.39, 0.29) is 35.3 Å². The van der Waals surface area contributed by atoms with Crippen molar-refractivity contribution in [2.24, 2.45) is 7.05 Å². The van der Waals surface area contributed by atoms with E-state index in [4.69, 9.17) is 8.85 Å². The first-order chi connectivity index (χ1) is 17.1. The Balaban J connectivity index is 1.48. The molecule has 3 fully saturated rings. The zero-order chi connectivity index (χ0) is 25.6. The molecule has 0 spiro atoms. The first kappa shape index (κ1) is 17.3.